The molecule has 32 heavy (non-hydrogen) atoms. The summed E-state index contributed by atoms with van der Waals surface area (Å²) in [4.78, 5) is 30.6. The fraction of sp³-hybridized carbons (Fsp3) is 0.550. The van der Waals surface area contributed by atoms with Crippen LogP contribution in [-0.4, -0.2) is 79.7 Å². The lowest BCUT2D eigenvalue weighted by Crippen LogP contribution is -2.40. The normalized spacial score (nSPS) is 17.3. The molecule has 2 aliphatic rings. The first-order chi connectivity index (χ1) is 15.1. The molecule has 0 atom stereocenters. The van der Waals surface area contributed by atoms with Gasteiger partial charge >= 0.3 is 11.9 Å². The van der Waals surface area contributed by atoms with Gasteiger partial charge in [-0.15, -0.1) is 0 Å². The van der Waals surface area contributed by atoms with Crippen LogP contribution in [0.2, 0.25) is 0 Å². The van der Waals surface area contributed by atoms with Gasteiger partial charge in [0.25, 0.3) is 0 Å². The fourth-order valence-electron chi connectivity index (χ4n) is 3.39. The Morgan fingerprint density at radius 1 is 1.09 bits per heavy atom. The number of carbonyl (C=O) groups is 3. The molecule has 12 heteroatoms. The topological polar surface area (TPSA) is 162 Å². The maximum absolute atomic E-state index is 12.8. The molecule has 1 aromatic rings. The van der Waals surface area contributed by atoms with E-state index in [1.165, 1.54) is 17.1 Å². The van der Waals surface area contributed by atoms with E-state index in [2.05, 4.69) is 10.6 Å². The molecule has 1 saturated carbocycles. The fourth-order valence-corrected chi connectivity index (χ4v) is 4.83. The van der Waals surface area contributed by atoms with Crippen molar-refractivity contribution < 1.29 is 37.8 Å². The minimum absolute atomic E-state index is 0.152. The number of sulfonamides is 1. The SMILES string of the molecule is Cc1ccc(S(=O)(=O)N2CCOCC2)cc1NC(=O)CNC1CCCC1.O=C(O)C(=O)O. The molecular weight excluding hydrogens is 442 g/mol. The number of carboxylic acid groups (broad SMARTS) is 2. The molecule has 1 aromatic carbocycles. The number of hydrogen-bond donors (Lipinski definition) is 4. The second-order valence-corrected chi connectivity index (χ2v) is 9.45. The van der Waals surface area contributed by atoms with Crippen LogP contribution in [0.1, 0.15) is 31.2 Å². The Hall–Kier alpha value is -2.54. The van der Waals surface area contributed by atoms with Crippen LogP contribution in [0.5, 0.6) is 0 Å². The lowest BCUT2D eigenvalue weighted by molar-refractivity contribution is -0.159. The number of amides is 1. The molecule has 1 aliphatic carbocycles. The molecule has 0 bridgehead atoms. The monoisotopic (exact) mass is 471 g/mol. The van der Waals surface area contributed by atoms with Crippen molar-refractivity contribution in [3.63, 3.8) is 0 Å². The van der Waals surface area contributed by atoms with Gasteiger partial charge in [-0.05, 0) is 37.5 Å². The first-order valence-electron chi connectivity index (χ1n) is 10.3. The predicted octanol–water partition coefficient (Wildman–Crippen LogP) is 0.642. The minimum Gasteiger partial charge on any atom is -0.473 e. The number of nitrogens with zero attached hydrogens (tertiary/aromatic N) is 1. The number of aryl methyl sites for hydroxylation is 1. The average Bonchev–Trinajstić information content (AvgIpc) is 3.28. The van der Waals surface area contributed by atoms with Gasteiger partial charge in [-0.1, -0.05) is 18.9 Å². The maximum Gasteiger partial charge on any atom is 0.414 e. The third kappa shape index (κ3) is 7.55. The summed E-state index contributed by atoms with van der Waals surface area (Å²) < 4.78 is 32.2. The molecule has 1 saturated heterocycles. The van der Waals surface area contributed by atoms with Crippen molar-refractivity contribution in [1.29, 1.82) is 0 Å². The first-order valence-corrected chi connectivity index (χ1v) is 11.7. The van der Waals surface area contributed by atoms with Gasteiger partial charge in [-0.25, -0.2) is 18.0 Å². The number of carbonyl (C=O) groups excluding carboxylic acids is 1. The quantitative estimate of drug-likeness (QED) is 0.436. The van der Waals surface area contributed by atoms with Crippen LogP contribution in [0.25, 0.3) is 0 Å². The standard InChI is InChI=1S/C18H27N3O4S.C2H2O4/c1-14-6-7-16(26(23,24)21-8-10-25-11-9-21)12-17(14)20-18(22)13-19-15-4-2-3-5-15;3-1(4)2(5)6/h6-7,12,15,19H,2-5,8-11,13H2,1H3,(H,20,22);(H,3,4)(H,5,6). The van der Waals surface area contributed by atoms with Crippen molar-refractivity contribution in [3.8, 4) is 0 Å². The smallest absolute Gasteiger partial charge is 0.414 e. The van der Waals surface area contributed by atoms with Crippen molar-refractivity contribution in [3.05, 3.63) is 23.8 Å². The lowest BCUT2D eigenvalue weighted by atomic mass is 10.2. The van der Waals surface area contributed by atoms with Gasteiger partial charge < -0.3 is 25.6 Å². The summed E-state index contributed by atoms with van der Waals surface area (Å²) in [5, 5.41) is 20.9. The number of aliphatic carboxylic acids is 2. The third-order valence-electron chi connectivity index (χ3n) is 5.18. The molecular formula is C20H29N3O8S. The summed E-state index contributed by atoms with van der Waals surface area (Å²) in [7, 11) is -3.58. The predicted molar refractivity (Wildman–Crippen MR) is 115 cm³/mol. The second kappa shape index (κ2) is 11.9. The van der Waals surface area contributed by atoms with E-state index in [0.29, 0.717) is 38.0 Å². The summed E-state index contributed by atoms with van der Waals surface area (Å²) in [6.45, 7) is 3.60. The van der Waals surface area contributed by atoms with Crippen molar-refractivity contribution in [1.82, 2.24) is 9.62 Å². The summed E-state index contributed by atoms with van der Waals surface area (Å²) in [5.74, 6) is -3.80. The Morgan fingerprint density at radius 2 is 1.69 bits per heavy atom. The zero-order valence-corrected chi connectivity index (χ0v) is 18.7. The number of morpholine rings is 1. The van der Waals surface area contributed by atoms with Gasteiger partial charge in [0.1, 0.15) is 0 Å². The summed E-state index contributed by atoms with van der Waals surface area (Å²) in [6.07, 6.45) is 4.64. The highest BCUT2D eigenvalue weighted by atomic mass is 32.2. The molecule has 1 aliphatic heterocycles. The second-order valence-electron chi connectivity index (χ2n) is 7.51. The van der Waals surface area contributed by atoms with E-state index in [9.17, 15) is 13.2 Å². The van der Waals surface area contributed by atoms with E-state index in [1.807, 2.05) is 6.92 Å². The number of benzene rings is 1. The molecule has 178 valence electrons. The van der Waals surface area contributed by atoms with Gasteiger partial charge in [0.15, 0.2) is 0 Å². The maximum atomic E-state index is 12.8. The van der Waals surface area contributed by atoms with Crippen molar-refractivity contribution in [2.24, 2.45) is 0 Å². The van der Waals surface area contributed by atoms with Crippen LogP contribution in [-0.2, 0) is 29.1 Å². The molecule has 0 unspecified atom stereocenters. The number of ether oxygens (including phenoxy) is 1. The van der Waals surface area contributed by atoms with Crippen LogP contribution >= 0.6 is 0 Å². The van der Waals surface area contributed by atoms with Gasteiger partial charge in [0.2, 0.25) is 15.9 Å². The first kappa shape index (κ1) is 25.7. The number of hydrogen-bond acceptors (Lipinski definition) is 7. The molecule has 4 N–H and O–H groups in total. The molecule has 11 nitrogen and oxygen atoms in total. The van der Waals surface area contributed by atoms with Crippen LogP contribution < -0.4 is 10.6 Å². The largest absolute Gasteiger partial charge is 0.473 e. The van der Waals surface area contributed by atoms with Gasteiger partial charge in [-0.3, -0.25) is 4.79 Å². The Balaban J connectivity index is 0.000000534. The Labute approximate surface area is 186 Å². The third-order valence-corrected chi connectivity index (χ3v) is 7.08. The highest BCUT2D eigenvalue weighted by molar-refractivity contribution is 7.89. The van der Waals surface area contributed by atoms with E-state index in [4.69, 9.17) is 24.5 Å². The molecule has 3 rings (SSSR count). The zero-order chi connectivity index (χ0) is 23.7. The summed E-state index contributed by atoms with van der Waals surface area (Å²) in [5.41, 5.74) is 1.37. The van der Waals surface area contributed by atoms with Gasteiger partial charge in [0, 0.05) is 24.8 Å². The molecule has 2 fully saturated rings. The number of rotatable bonds is 6. The van der Waals surface area contributed by atoms with Gasteiger partial charge in [0.05, 0.1) is 24.7 Å². The number of nitrogens with one attached hydrogen (secondary N) is 2. The van der Waals surface area contributed by atoms with Crippen LogP contribution in [0.15, 0.2) is 23.1 Å². The summed E-state index contributed by atoms with van der Waals surface area (Å²) >= 11 is 0. The number of anilines is 1. The van der Waals surface area contributed by atoms with Gasteiger partial charge in [-0.2, -0.15) is 4.31 Å². The molecule has 1 amide bonds. The Kier molecular flexibility index (Phi) is 9.57. The number of carboxylic acids is 2. The van der Waals surface area contributed by atoms with Crippen LogP contribution in [0, 0.1) is 6.92 Å². The Bertz CT molecular complexity index is 911. The Morgan fingerprint density at radius 3 is 2.25 bits per heavy atom. The molecule has 0 spiro atoms. The van der Waals surface area contributed by atoms with Crippen molar-refractivity contribution in [2.75, 3.05) is 38.2 Å². The lowest BCUT2D eigenvalue weighted by Gasteiger charge is -2.26. The van der Waals surface area contributed by atoms with E-state index in [0.717, 1.165) is 18.4 Å². The van der Waals surface area contributed by atoms with Crippen LogP contribution in [0.4, 0.5) is 5.69 Å². The van der Waals surface area contributed by atoms with Crippen LogP contribution in [0.3, 0.4) is 0 Å². The van der Waals surface area contributed by atoms with E-state index in [-0.39, 0.29) is 17.3 Å². The highest BCUT2D eigenvalue weighted by Gasteiger charge is 2.27. The minimum atomic E-state index is -3.58. The van der Waals surface area contributed by atoms with Crippen molar-refractivity contribution >= 4 is 33.6 Å². The average molecular weight is 472 g/mol. The van der Waals surface area contributed by atoms with E-state index >= 15 is 0 Å². The molecule has 1 heterocycles. The van der Waals surface area contributed by atoms with E-state index < -0.39 is 22.0 Å². The van der Waals surface area contributed by atoms with E-state index in [1.54, 1.807) is 18.2 Å². The molecule has 0 radical (unpaired) electrons. The summed E-state index contributed by atoms with van der Waals surface area (Å²) in [6, 6.07) is 5.28. The molecule has 0 aromatic heterocycles. The van der Waals surface area contributed by atoms with Crippen molar-refractivity contribution in [2.45, 2.75) is 43.5 Å². The zero-order valence-electron chi connectivity index (χ0n) is 17.9. The highest BCUT2D eigenvalue weighted by Crippen LogP contribution is 2.24.